The largest absolute Gasteiger partial charge is 0.451 e. The third kappa shape index (κ3) is 4.76. The Morgan fingerprint density at radius 2 is 1.96 bits per heavy atom. The number of nitrogens with one attached hydrogen (secondary N) is 1. The molecule has 1 aromatic heterocycles. The first-order valence-electron chi connectivity index (χ1n) is 6.64. The lowest BCUT2D eigenvalue weighted by atomic mass is 10.2. The zero-order valence-electron chi connectivity index (χ0n) is 12.3. The van der Waals surface area contributed by atoms with Crippen LogP contribution in [0.15, 0.2) is 30.6 Å². The number of esters is 1. The molecule has 0 radical (unpaired) electrons. The van der Waals surface area contributed by atoms with Gasteiger partial charge in [0.05, 0.1) is 5.56 Å². The summed E-state index contributed by atoms with van der Waals surface area (Å²) in [6.45, 7) is 1.06. The number of benzene rings is 1. The Labute approximate surface area is 133 Å². The summed E-state index contributed by atoms with van der Waals surface area (Å²) in [5.74, 6) is -1.42. The zero-order chi connectivity index (χ0) is 17.7. The highest BCUT2D eigenvalue weighted by Gasteiger charge is 2.30. The van der Waals surface area contributed by atoms with Gasteiger partial charge in [-0.05, 0) is 41.6 Å². The molecular weight excluding hydrogens is 331 g/mol. The molecule has 0 aliphatic carbocycles. The molecular formula is C13H12F3N5O3. The summed E-state index contributed by atoms with van der Waals surface area (Å²) in [5.41, 5.74) is -0.683. The van der Waals surface area contributed by atoms with Crippen molar-refractivity contribution in [2.24, 2.45) is 0 Å². The lowest BCUT2D eigenvalue weighted by Crippen LogP contribution is -2.31. The number of hydrogen-bond acceptors (Lipinski definition) is 6. The zero-order valence-corrected chi connectivity index (χ0v) is 12.3. The van der Waals surface area contributed by atoms with Gasteiger partial charge in [-0.2, -0.15) is 13.2 Å². The molecule has 1 atom stereocenters. The number of carbonyl (C=O) groups excluding carboxylic acids is 2. The number of anilines is 1. The molecule has 11 heteroatoms. The predicted octanol–water partition coefficient (Wildman–Crippen LogP) is 1.26. The maximum Gasteiger partial charge on any atom is 0.416 e. The number of ether oxygens (including phenoxy) is 1. The quantitative estimate of drug-likeness (QED) is 0.821. The SMILES string of the molecule is CC(OC(=O)Cn1cnnn1)C(=O)Nc1ccc(C(F)(F)F)cc1. The Bertz CT molecular complexity index is 701. The average molecular weight is 343 g/mol. The Hall–Kier alpha value is -2.98. The van der Waals surface area contributed by atoms with E-state index < -0.39 is 29.7 Å². The molecule has 24 heavy (non-hydrogen) atoms. The molecule has 0 fully saturated rings. The Kier molecular flexibility index (Phi) is 5.11. The molecule has 0 aliphatic heterocycles. The van der Waals surface area contributed by atoms with Gasteiger partial charge in [-0.25, -0.2) is 4.68 Å². The van der Waals surface area contributed by atoms with E-state index in [0.29, 0.717) is 0 Å². The van der Waals surface area contributed by atoms with Crippen LogP contribution in [0.5, 0.6) is 0 Å². The van der Waals surface area contributed by atoms with E-state index in [1.165, 1.54) is 13.3 Å². The standard InChI is InChI=1S/C13H12F3N5O3/c1-8(24-11(22)6-21-7-17-19-20-21)12(23)18-10-4-2-9(3-5-10)13(14,15)16/h2-5,7-8H,6H2,1H3,(H,18,23). The number of amides is 1. The van der Waals surface area contributed by atoms with Crippen molar-refractivity contribution in [3.8, 4) is 0 Å². The summed E-state index contributed by atoms with van der Waals surface area (Å²) < 4.78 is 43.3. The first kappa shape index (κ1) is 17.4. The minimum Gasteiger partial charge on any atom is -0.451 e. The molecule has 8 nitrogen and oxygen atoms in total. The number of alkyl halides is 3. The van der Waals surface area contributed by atoms with Gasteiger partial charge in [0.1, 0.15) is 12.9 Å². The lowest BCUT2D eigenvalue weighted by molar-refractivity contribution is -0.154. The summed E-state index contributed by atoms with van der Waals surface area (Å²) >= 11 is 0. The molecule has 0 saturated carbocycles. The van der Waals surface area contributed by atoms with Gasteiger partial charge in [0.25, 0.3) is 5.91 Å². The molecule has 0 aliphatic rings. The molecule has 2 aromatic rings. The van der Waals surface area contributed by atoms with E-state index in [1.807, 2.05) is 0 Å². The Balaban J connectivity index is 1.88. The van der Waals surface area contributed by atoms with Crippen molar-refractivity contribution in [3.05, 3.63) is 36.2 Å². The molecule has 1 amide bonds. The van der Waals surface area contributed by atoms with E-state index in [4.69, 9.17) is 4.74 Å². The number of hydrogen-bond donors (Lipinski definition) is 1. The number of halogens is 3. The van der Waals surface area contributed by atoms with Crippen LogP contribution in [-0.4, -0.2) is 38.2 Å². The smallest absolute Gasteiger partial charge is 0.416 e. The molecule has 128 valence electrons. The minimum absolute atomic E-state index is 0.149. The van der Waals surface area contributed by atoms with Crippen LogP contribution in [0.2, 0.25) is 0 Å². The van der Waals surface area contributed by atoms with Crippen molar-refractivity contribution in [2.75, 3.05) is 5.32 Å². The van der Waals surface area contributed by atoms with Crippen LogP contribution in [0, 0.1) is 0 Å². The van der Waals surface area contributed by atoms with Crippen LogP contribution in [0.4, 0.5) is 18.9 Å². The summed E-state index contributed by atoms with van der Waals surface area (Å²) in [6.07, 6.45) is -4.40. The fraction of sp³-hybridized carbons (Fsp3) is 0.308. The monoisotopic (exact) mass is 343 g/mol. The second-order valence-corrected chi connectivity index (χ2v) is 4.70. The Morgan fingerprint density at radius 1 is 1.29 bits per heavy atom. The minimum atomic E-state index is -4.46. The number of carbonyl (C=O) groups is 2. The number of tetrazole rings is 1. The van der Waals surface area contributed by atoms with Gasteiger partial charge in [-0.1, -0.05) is 0 Å². The summed E-state index contributed by atoms with van der Waals surface area (Å²) in [5, 5.41) is 12.5. The lowest BCUT2D eigenvalue weighted by Gasteiger charge is -2.14. The van der Waals surface area contributed by atoms with E-state index in [1.54, 1.807) is 0 Å². The highest BCUT2D eigenvalue weighted by Crippen LogP contribution is 2.29. The fourth-order valence-corrected chi connectivity index (χ4v) is 1.66. The second-order valence-electron chi connectivity index (χ2n) is 4.70. The highest BCUT2D eigenvalue weighted by molar-refractivity contribution is 5.95. The van der Waals surface area contributed by atoms with Gasteiger partial charge in [0.15, 0.2) is 6.10 Å². The normalized spacial score (nSPS) is 12.5. The molecule has 1 heterocycles. The maximum absolute atomic E-state index is 12.4. The van der Waals surface area contributed by atoms with Gasteiger partial charge < -0.3 is 10.1 Å². The first-order chi connectivity index (χ1) is 11.3. The van der Waals surface area contributed by atoms with Crippen molar-refractivity contribution in [2.45, 2.75) is 25.7 Å². The van der Waals surface area contributed by atoms with Crippen molar-refractivity contribution >= 4 is 17.6 Å². The number of rotatable bonds is 5. The molecule has 1 unspecified atom stereocenters. The number of aromatic nitrogens is 4. The van der Waals surface area contributed by atoms with E-state index in [-0.39, 0.29) is 12.2 Å². The van der Waals surface area contributed by atoms with Crippen LogP contribution in [0.3, 0.4) is 0 Å². The van der Waals surface area contributed by atoms with Crippen LogP contribution in [-0.2, 0) is 27.0 Å². The van der Waals surface area contributed by atoms with Crippen molar-refractivity contribution < 1.29 is 27.5 Å². The van der Waals surface area contributed by atoms with E-state index >= 15 is 0 Å². The van der Waals surface area contributed by atoms with Crippen molar-refractivity contribution in [1.29, 1.82) is 0 Å². The maximum atomic E-state index is 12.4. The fourth-order valence-electron chi connectivity index (χ4n) is 1.66. The van der Waals surface area contributed by atoms with Crippen molar-refractivity contribution in [1.82, 2.24) is 20.2 Å². The Morgan fingerprint density at radius 3 is 2.50 bits per heavy atom. The molecule has 1 aromatic carbocycles. The highest BCUT2D eigenvalue weighted by atomic mass is 19.4. The summed E-state index contributed by atoms with van der Waals surface area (Å²) in [4.78, 5) is 23.5. The van der Waals surface area contributed by atoms with Gasteiger partial charge in [-0.3, -0.25) is 9.59 Å². The van der Waals surface area contributed by atoms with E-state index in [0.717, 1.165) is 28.9 Å². The predicted molar refractivity (Wildman–Crippen MR) is 73.4 cm³/mol. The third-order valence-electron chi connectivity index (χ3n) is 2.84. The van der Waals surface area contributed by atoms with Gasteiger partial charge in [-0.15, -0.1) is 5.10 Å². The molecule has 0 bridgehead atoms. The van der Waals surface area contributed by atoms with Gasteiger partial charge in [0, 0.05) is 5.69 Å². The average Bonchev–Trinajstić information content (AvgIpc) is 2.99. The summed E-state index contributed by atoms with van der Waals surface area (Å²) in [7, 11) is 0. The van der Waals surface area contributed by atoms with Crippen molar-refractivity contribution in [3.63, 3.8) is 0 Å². The van der Waals surface area contributed by atoms with Gasteiger partial charge >= 0.3 is 12.1 Å². The van der Waals surface area contributed by atoms with Crippen LogP contribution in [0.25, 0.3) is 0 Å². The van der Waals surface area contributed by atoms with Gasteiger partial charge in [0.2, 0.25) is 0 Å². The van der Waals surface area contributed by atoms with E-state index in [9.17, 15) is 22.8 Å². The summed E-state index contributed by atoms with van der Waals surface area (Å²) in [6, 6.07) is 3.89. The molecule has 0 saturated heterocycles. The number of nitrogens with zero attached hydrogens (tertiary/aromatic N) is 4. The third-order valence-corrected chi connectivity index (χ3v) is 2.84. The van der Waals surface area contributed by atoms with Crippen LogP contribution in [0.1, 0.15) is 12.5 Å². The molecule has 2 rings (SSSR count). The first-order valence-corrected chi connectivity index (χ1v) is 6.64. The molecule has 1 N–H and O–H groups in total. The van der Waals surface area contributed by atoms with E-state index in [2.05, 4.69) is 20.8 Å². The topological polar surface area (TPSA) is 99.0 Å². The van der Waals surface area contributed by atoms with Crippen LogP contribution >= 0.6 is 0 Å². The molecule has 0 spiro atoms. The van der Waals surface area contributed by atoms with Crippen LogP contribution < -0.4 is 5.32 Å². The second kappa shape index (κ2) is 7.06.